The average Bonchev–Trinajstić information content (AvgIpc) is 3.01. The Morgan fingerprint density at radius 1 is 1.15 bits per heavy atom. The molecule has 3 aromatic rings. The van der Waals surface area contributed by atoms with Gasteiger partial charge in [-0.25, -0.2) is 9.48 Å². The molecule has 0 amide bonds. The molecule has 7 heteroatoms. The number of carboxylic acids is 1. The van der Waals surface area contributed by atoms with Gasteiger partial charge in [0.05, 0.1) is 16.9 Å². The molecule has 140 valence electrons. The molecule has 0 aliphatic carbocycles. The summed E-state index contributed by atoms with van der Waals surface area (Å²) in [4.78, 5) is 11.9. The van der Waals surface area contributed by atoms with Gasteiger partial charge in [-0.2, -0.15) is 18.3 Å². The Kier molecular flexibility index (Phi) is 4.78. The normalized spacial score (nSPS) is 11.6. The number of rotatable bonds is 4. The van der Waals surface area contributed by atoms with Gasteiger partial charge in [0, 0.05) is 5.56 Å². The SMILES string of the molecule is CCc1c(C(=O)O)c(-c2ccc(C(F)(F)F)cc2)nn1-c1cccc(C)c1. The van der Waals surface area contributed by atoms with E-state index in [9.17, 15) is 23.1 Å². The van der Waals surface area contributed by atoms with Gasteiger partial charge < -0.3 is 5.11 Å². The Hall–Kier alpha value is -3.09. The molecule has 0 aliphatic rings. The predicted octanol–water partition coefficient (Wildman–Crippen LogP) is 5.13. The minimum atomic E-state index is -4.45. The van der Waals surface area contributed by atoms with Crippen LogP contribution in [-0.4, -0.2) is 20.9 Å². The highest BCUT2D eigenvalue weighted by Gasteiger charge is 2.31. The standard InChI is InChI=1S/C20H17F3N2O2/c1-3-16-17(19(26)27)18(13-7-9-14(10-8-13)20(21,22)23)24-25(16)15-6-4-5-12(2)11-15/h4-11H,3H2,1-2H3,(H,26,27). The second-order valence-electron chi connectivity index (χ2n) is 6.15. The van der Waals surface area contributed by atoms with Crippen molar-refractivity contribution in [3.05, 3.63) is 70.9 Å². The molecule has 0 saturated heterocycles. The number of aryl methyl sites for hydroxylation is 1. The number of hydrogen-bond acceptors (Lipinski definition) is 2. The van der Waals surface area contributed by atoms with E-state index >= 15 is 0 Å². The van der Waals surface area contributed by atoms with Crippen molar-refractivity contribution < 1.29 is 23.1 Å². The molecule has 0 radical (unpaired) electrons. The van der Waals surface area contributed by atoms with Gasteiger partial charge in [-0.1, -0.05) is 31.2 Å². The molecule has 0 saturated carbocycles. The van der Waals surface area contributed by atoms with Crippen molar-refractivity contribution in [2.45, 2.75) is 26.4 Å². The molecule has 0 unspecified atom stereocenters. The lowest BCUT2D eigenvalue weighted by Gasteiger charge is -2.07. The summed E-state index contributed by atoms with van der Waals surface area (Å²) in [6.07, 6.45) is -4.05. The molecule has 4 nitrogen and oxygen atoms in total. The molecule has 1 aromatic heterocycles. The summed E-state index contributed by atoms with van der Waals surface area (Å²) in [6.45, 7) is 3.72. The lowest BCUT2D eigenvalue weighted by atomic mass is 10.0. The van der Waals surface area contributed by atoms with Crippen molar-refractivity contribution in [3.8, 4) is 16.9 Å². The van der Waals surface area contributed by atoms with Crippen LogP contribution in [0.2, 0.25) is 0 Å². The highest BCUT2D eigenvalue weighted by Crippen LogP contribution is 2.33. The number of hydrogen-bond donors (Lipinski definition) is 1. The smallest absolute Gasteiger partial charge is 0.416 e. The zero-order valence-electron chi connectivity index (χ0n) is 14.7. The van der Waals surface area contributed by atoms with E-state index in [-0.39, 0.29) is 11.3 Å². The lowest BCUT2D eigenvalue weighted by molar-refractivity contribution is -0.137. The van der Waals surface area contributed by atoms with Gasteiger partial charge in [0.2, 0.25) is 0 Å². The Balaban J connectivity index is 2.20. The van der Waals surface area contributed by atoms with Gasteiger partial charge in [-0.05, 0) is 43.2 Å². The summed E-state index contributed by atoms with van der Waals surface area (Å²) in [7, 11) is 0. The van der Waals surface area contributed by atoms with Crippen LogP contribution in [0.15, 0.2) is 48.5 Å². The van der Waals surface area contributed by atoms with Gasteiger partial charge in [0.25, 0.3) is 0 Å². The molecule has 0 aliphatic heterocycles. The van der Waals surface area contributed by atoms with Crippen molar-refractivity contribution in [2.24, 2.45) is 0 Å². The molecule has 0 fully saturated rings. The molecule has 27 heavy (non-hydrogen) atoms. The Morgan fingerprint density at radius 3 is 2.33 bits per heavy atom. The summed E-state index contributed by atoms with van der Waals surface area (Å²) in [5.74, 6) is -1.17. The first kappa shape index (κ1) is 18.7. The van der Waals surface area contributed by atoms with Gasteiger partial charge in [-0.3, -0.25) is 0 Å². The van der Waals surface area contributed by atoms with Crippen molar-refractivity contribution in [1.82, 2.24) is 9.78 Å². The number of halogens is 3. The fourth-order valence-corrected chi connectivity index (χ4v) is 3.00. The molecule has 0 spiro atoms. The van der Waals surface area contributed by atoms with Gasteiger partial charge in [-0.15, -0.1) is 0 Å². The number of carboxylic acid groups (broad SMARTS) is 1. The van der Waals surface area contributed by atoms with Gasteiger partial charge in [0.1, 0.15) is 11.3 Å². The van der Waals surface area contributed by atoms with Crippen LogP contribution in [0.5, 0.6) is 0 Å². The Labute approximate surface area is 153 Å². The van der Waals surface area contributed by atoms with E-state index in [0.29, 0.717) is 23.4 Å². The summed E-state index contributed by atoms with van der Waals surface area (Å²) < 4.78 is 39.9. The van der Waals surface area contributed by atoms with Crippen molar-refractivity contribution >= 4 is 5.97 Å². The molecule has 0 bridgehead atoms. The summed E-state index contributed by atoms with van der Waals surface area (Å²) in [6, 6.07) is 11.8. The Morgan fingerprint density at radius 2 is 1.81 bits per heavy atom. The van der Waals surface area contributed by atoms with Crippen molar-refractivity contribution in [1.29, 1.82) is 0 Å². The largest absolute Gasteiger partial charge is 0.478 e. The van der Waals surface area contributed by atoms with E-state index < -0.39 is 17.7 Å². The topological polar surface area (TPSA) is 55.1 Å². The monoisotopic (exact) mass is 374 g/mol. The maximum absolute atomic E-state index is 12.8. The molecule has 2 aromatic carbocycles. The highest BCUT2D eigenvalue weighted by molar-refractivity contribution is 5.96. The van der Waals surface area contributed by atoms with E-state index in [1.165, 1.54) is 12.1 Å². The third kappa shape index (κ3) is 3.58. The van der Waals surface area contributed by atoms with Crippen LogP contribution in [0.3, 0.4) is 0 Å². The quantitative estimate of drug-likeness (QED) is 0.689. The second-order valence-corrected chi connectivity index (χ2v) is 6.15. The van der Waals surface area contributed by atoms with Crippen LogP contribution in [0.25, 0.3) is 16.9 Å². The molecule has 1 heterocycles. The molecular formula is C20H17F3N2O2. The van der Waals surface area contributed by atoms with Crippen LogP contribution >= 0.6 is 0 Å². The fourth-order valence-electron chi connectivity index (χ4n) is 3.00. The summed E-state index contributed by atoms with van der Waals surface area (Å²) >= 11 is 0. The number of benzene rings is 2. The minimum absolute atomic E-state index is 0.00114. The van der Waals surface area contributed by atoms with Crippen LogP contribution in [-0.2, 0) is 12.6 Å². The summed E-state index contributed by atoms with van der Waals surface area (Å²) in [5.41, 5.74) is 1.85. The minimum Gasteiger partial charge on any atom is -0.478 e. The first-order chi connectivity index (χ1) is 12.7. The maximum Gasteiger partial charge on any atom is 0.416 e. The maximum atomic E-state index is 12.8. The number of aromatic nitrogens is 2. The first-order valence-electron chi connectivity index (χ1n) is 8.32. The third-order valence-electron chi connectivity index (χ3n) is 4.26. The molecule has 3 rings (SSSR count). The molecular weight excluding hydrogens is 357 g/mol. The zero-order valence-corrected chi connectivity index (χ0v) is 14.7. The zero-order chi connectivity index (χ0) is 19.8. The van der Waals surface area contributed by atoms with Crippen LogP contribution < -0.4 is 0 Å². The van der Waals surface area contributed by atoms with E-state index in [4.69, 9.17) is 0 Å². The van der Waals surface area contributed by atoms with E-state index in [2.05, 4.69) is 5.10 Å². The van der Waals surface area contributed by atoms with Crippen LogP contribution in [0.1, 0.15) is 34.1 Å². The average molecular weight is 374 g/mol. The highest BCUT2D eigenvalue weighted by atomic mass is 19.4. The van der Waals surface area contributed by atoms with E-state index in [1.807, 2.05) is 32.0 Å². The first-order valence-corrected chi connectivity index (χ1v) is 8.32. The number of carbonyl (C=O) groups is 1. The third-order valence-corrected chi connectivity index (χ3v) is 4.26. The second kappa shape index (κ2) is 6.90. The van der Waals surface area contributed by atoms with Crippen molar-refractivity contribution in [3.63, 3.8) is 0 Å². The van der Waals surface area contributed by atoms with E-state index in [0.717, 1.165) is 17.7 Å². The predicted molar refractivity (Wildman–Crippen MR) is 95.1 cm³/mol. The van der Waals surface area contributed by atoms with Gasteiger partial charge >= 0.3 is 12.1 Å². The fraction of sp³-hybridized carbons (Fsp3) is 0.200. The molecule has 0 atom stereocenters. The molecule has 1 N–H and O–H groups in total. The van der Waals surface area contributed by atoms with Gasteiger partial charge in [0.15, 0.2) is 0 Å². The lowest BCUT2D eigenvalue weighted by Crippen LogP contribution is -2.06. The van der Waals surface area contributed by atoms with Crippen LogP contribution in [0.4, 0.5) is 13.2 Å². The number of aromatic carboxylic acids is 1. The Bertz CT molecular complexity index is 989. The van der Waals surface area contributed by atoms with E-state index in [1.54, 1.807) is 10.7 Å². The van der Waals surface area contributed by atoms with Crippen LogP contribution in [0, 0.1) is 6.92 Å². The number of nitrogens with zero attached hydrogens (tertiary/aromatic N) is 2. The van der Waals surface area contributed by atoms with Crippen molar-refractivity contribution in [2.75, 3.05) is 0 Å². The summed E-state index contributed by atoms with van der Waals surface area (Å²) in [5, 5.41) is 14.1. The number of alkyl halides is 3.